The summed E-state index contributed by atoms with van der Waals surface area (Å²) < 4.78 is 17.1. The third kappa shape index (κ3) is 6.47. The zero-order chi connectivity index (χ0) is 25.1. The van der Waals surface area contributed by atoms with Gasteiger partial charge in [0.25, 0.3) is 0 Å². The molecule has 4 rings (SSSR count). The number of rotatable bonds is 7. The fourth-order valence-corrected chi connectivity index (χ4v) is 5.13. The molecule has 1 atom stereocenters. The van der Waals surface area contributed by atoms with Crippen LogP contribution in [0.15, 0.2) is 36.4 Å². The highest BCUT2D eigenvalue weighted by Gasteiger charge is 2.39. The first kappa shape index (κ1) is 25.8. The molecule has 2 fully saturated rings. The van der Waals surface area contributed by atoms with Gasteiger partial charge >= 0.3 is 0 Å². The number of aliphatic hydroxyl groups is 2. The van der Waals surface area contributed by atoms with Gasteiger partial charge in [-0.25, -0.2) is 0 Å². The number of benzene rings is 2. The molecule has 0 amide bonds. The van der Waals surface area contributed by atoms with E-state index in [1.807, 2.05) is 32.0 Å². The lowest BCUT2D eigenvalue weighted by Crippen LogP contribution is -2.55. The first-order valence-corrected chi connectivity index (χ1v) is 12.5. The second kappa shape index (κ2) is 10.7. The number of hydrogen-bond donors (Lipinski definition) is 2. The Bertz CT molecular complexity index is 988. The third-order valence-corrected chi connectivity index (χ3v) is 7.35. The summed E-state index contributed by atoms with van der Waals surface area (Å²) in [5.74, 6) is 1.64. The fourth-order valence-electron chi connectivity index (χ4n) is 5.13. The van der Waals surface area contributed by atoms with Gasteiger partial charge in [-0.15, -0.1) is 0 Å². The van der Waals surface area contributed by atoms with Crippen molar-refractivity contribution in [1.82, 2.24) is 4.90 Å². The molecular weight excluding hydrogens is 444 g/mol. The average molecular weight is 485 g/mol. The van der Waals surface area contributed by atoms with Crippen LogP contribution in [-0.2, 0) is 4.74 Å². The first-order chi connectivity index (χ1) is 16.7. The minimum Gasteiger partial charge on any atom is -0.497 e. The van der Waals surface area contributed by atoms with Crippen molar-refractivity contribution >= 4 is 5.69 Å². The summed E-state index contributed by atoms with van der Waals surface area (Å²) >= 11 is 0. The Balaban J connectivity index is 1.35. The third-order valence-electron chi connectivity index (χ3n) is 7.35. The topological polar surface area (TPSA) is 74.6 Å². The smallest absolute Gasteiger partial charge is 0.134 e. The van der Waals surface area contributed by atoms with Crippen LogP contribution in [0.1, 0.15) is 29.5 Å². The van der Waals surface area contributed by atoms with Crippen LogP contribution in [-0.4, -0.2) is 86.0 Å². The maximum absolute atomic E-state index is 11.4. The Labute approximate surface area is 209 Å². The van der Waals surface area contributed by atoms with Crippen molar-refractivity contribution in [2.75, 3.05) is 64.6 Å². The molecule has 2 aromatic carbocycles. The summed E-state index contributed by atoms with van der Waals surface area (Å²) in [7, 11) is 1.67. The number of nitrogens with zero attached hydrogens (tertiary/aromatic N) is 2. The van der Waals surface area contributed by atoms with Gasteiger partial charge in [0.2, 0.25) is 0 Å². The lowest BCUT2D eigenvalue weighted by atomic mass is 9.90. The molecule has 7 nitrogen and oxygen atoms in total. The highest BCUT2D eigenvalue weighted by atomic mass is 16.5. The lowest BCUT2D eigenvalue weighted by molar-refractivity contribution is -0.0743. The second-order valence-electron chi connectivity index (χ2n) is 10.4. The normalized spacial score (nSPS) is 23.1. The van der Waals surface area contributed by atoms with Crippen molar-refractivity contribution in [3.8, 4) is 11.5 Å². The number of ether oxygens (including phenoxy) is 3. The summed E-state index contributed by atoms with van der Waals surface area (Å²) in [5.41, 5.74) is 2.61. The predicted molar refractivity (Wildman–Crippen MR) is 138 cm³/mol. The average Bonchev–Trinajstić information content (AvgIpc) is 3.02. The van der Waals surface area contributed by atoms with Crippen LogP contribution in [0.4, 0.5) is 5.69 Å². The Morgan fingerprint density at radius 1 is 0.971 bits per heavy atom. The van der Waals surface area contributed by atoms with Crippen LogP contribution in [0.2, 0.25) is 0 Å². The fraction of sp³-hybridized carbons (Fsp3) is 0.571. The Morgan fingerprint density at radius 2 is 1.69 bits per heavy atom. The van der Waals surface area contributed by atoms with Crippen molar-refractivity contribution in [1.29, 1.82) is 0 Å². The van der Waals surface area contributed by atoms with Gasteiger partial charge in [-0.2, -0.15) is 0 Å². The molecule has 2 aliphatic heterocycles. The summed E-state index contributed by atoms with van der Waals surface area (Å²) in [4.78, 5) is 4.43. The van der Waals surface area contributed by atoms with Crippen LogP contribution in [0.5, 0.6) is 11.5 Å². The molecule has 0 aliphatic carbocycles. The molecule has 0 aromatic heterocycles. The Kier molecular flexibility index (Phi) is 7.91. The van der Waals surface area contributed by atoms with E-state index in [1.165, 1.54) is 5.56 Å². The van der Waals surface area contributed by atoms with Crippen molar-refractivity contribution in [2.45, 2.75) is 44.8 Å². The van der Waals surface area contributed by atoms with Gasteiger partial charge in [0.1, 0.15) is 23.7 Å². The molecule has 2 heterocycles. The second-order valence-corrected chi connectivity index (χ2v) is 10.4. The zero-order valence-corrected chi connectivity index (χ0v) is 21.5. The number of methoxy groups -OCH3 is 1. The minimum atomic E-state index is -1.14. The van der Waals surface area contributed by atoms with Gasteiger partial charge < -0.3 is 29.3 Å². The van der Waals surface area contributed by atoms with E-state index in [0.29, 0.717) is 39.1 Å². The summed E-state index contributed by atoms with van der Waals surface area (Å²) in [6, 6.07) is 12.2. The van der Waals surface area contributed by atoms with Crippen LogP contribution in [0, 0.1) is 20.8 Å². The Hall–Kier alpha value is -2.32. The molecule has 2 N–H and O–H groups in total. The molecule has 35 heavy (non-hydrogen) atoms. The van der Waals surface area contributed by atoms with Crippen LogP contribution >= 0.6 is 0 Å². The van der Waals surface area contributed by atoms with Gasteiger partial charge in [0.15, 0.2) is 0 Å². The number of β-amino-alcohol motifs (C(OH)–C–C–N with tert-alkyl or cyclic N) is 2. The molecule has 2 aromatic rings. The van der Waals surface area contributed by atoms with Gasteiger partial charge in [-0.3, -0.25) is 4.90 Å². The number of anilines is 1. The Morgan fingerprint density at radius 3 is 2.37 bits per heavy atom. The number of hydrogen-bond acceptors (Lipinski definition) is 7. The van der Waals surface area contributed by atoms with E-state index in [0.717, 1.165) is 41.4 Å². The number of piperidine rings is 1. The highest BCUT2D eigenvalue weighted by Crippen LogP contribution is 2.30. The maximum Gasteiger partial charge on any atom is 0.134 e. The minimum absolute atomic E-state index is 0.150. The monoisotopic (exact) mass is 484 g/mol. The van der Waals surface area contributed by atoms with Gasteiger partial charge in [0, 0.05) is 38.4 Å². The summed E-state index contributed by atoms with van der Waals surface area (Å²) in [6.07, 6.45) is 1.35. The zero-order valence-electron chi connectivity index (χ0n) is 21.5. The van der Waals surface area contributed by atoms with Crippen molar-refractivity contribution in [3.05, 3.63) is 53.1 Å². The van der Waals surface area contributed by atoms with Crippen LogP contribution in [0.25, 0.3) is 0 Å². The van der Waals surface area contributed by atoms with E-state index in [1.54, 1.807) is 7.11 Å². The van der Waals surface area contributed by atoms with E-state index in [2.05, 4.69) is 34.9 Å². The molecule has 0 spiro atoms. The van der Waals surface area contributed by atoms with Gasteiger partial charge in [-0.05, 0) is 80.6 Å². The van der Waals surface area contributed by atoms with Crippen molar-refractivity contribution in [2.24, 2.45) is 0 Å². The summed E-state index contributed by atoms with van der Waals surface area (Å²) in [5, 5.41) is 22.8. The van der Waals surface area contributed by atoms with E-state index in [9.17, 15) is 10.2 Å². The van der Waals surface area contributed by atoms with Crippen molar-refractivity contribution < 1.29 is 24.4 Å². The van der Waals surface area contributed by atoms with Gasteiger partial charge in [-0.1, -0.05) is 6.07 Å². The van der Waals surface area contributed by atoms with E-state index in [-0.39, 0.29) is 13.2 Å². The lowest BCUT2D eigenvalue weighted by Gasteiger charge is -2.42. The highest BCUT2D eigenvalue weighted by molar-refractivity contribution is 5.49. The largest absolute Gasteiger partial charge is 0.497 e. The molecule has 0 unspecified atom stereocenters. The molecular formula is C28H40N2O5. The van der Waals surface area contributed by atoms with E-state index >= 15 is 0 Å². The van der Waals surface area contributed by atoms with Gasteiger partial charge in [0.05, 0.1) is 25.9 Å². The molecule has 7 heteroatoms. The molecule has 2 aliphatic rings. The van der Waals surface area contributed by atoms with Crippen LogP contribution < -0.4 is 14.4 Å². The molecule has 192 valence electrons. The standard InChI is InChI=1S/C28H40N2O5/c1-21-15-22(2)23(3)26(16-21)35-20-28(32)18-29(13-14-34-19-28)17-27(31)9-11-30(12-10-27)24-5-7-25(33-4)8-6-24/h5-8,15-16,31-32H,9-14,17-20H2,1-4H3/t28-/m0/s1. The SMILES string of the molecule is COc1ccc(N2CCC(O)(CN3CCOC[C@](O)(COc4cc(C)cc(C)c4C)C3)CC2)cc1. The molecule has 0 radical (unpaired) electrons. The molecule has 0 bridgehead atoms. The van der Waals surface area contributed by atoms with E-state index < -0.39 is 11.2 Å². The predicted octanol–water partition coefficient (Wildman–Crippen LogP) is 3.09. The number of aryl methyl sites for hydroxylation is 2. The maximum atomic E-state index is 11.4. The molecule has 2 saturated heterocycles. The van der Waals surface area contributed by atoms with Crippen molar-refractivity contribution in [3.63, 3.8) is 0 Å². The summed E-state index contributed by atoms with van der Waals surface area (Å²) in [6.45, 7) is 10.2. The van der Waals surface area contributed by atoms with Crippen LogP contribution in [0.3, 0.4) is 0 Å². The van der Waals surface area contributed by atoms with E-state index in [4.69, 9.17) is 14.2 Å². The first-order valence-electron chi connectivity index (χ1n) is 12.5. The quantitative estimate of drug-likeness (QED) is 0.626. The molecule has 0 saturated carbocycles.